The van der Waals surface area contributed by atoms with E-state index in [4.69, 9.17) is 14.2 Å². The van der Waals surface area contributed by atoms with E-state index in [0.29, 0.717) is 43.6 Å². The van der Waals surface area contributed by atoms with E-state index in [0.717, 1.165) is 5.56 Å². The molecule has 28 heavy (non-hydrogen) atoms. The Bertz CT molecular complexity index is 883. The number of imide groups is 1. The van der Waals surface area contributed by atoms with Crippen LogP contribution in [-0.4, -0.2) is 64.8 Å². The van der Waals surface area contributed by atoms with Crippen LogP contribution in [0.5, 0.6) is 11.5 Å². The Hall–Kier alpha value is -3.14. The highest BCUT2D eigenvalue weighted by Crippen LogP contribution is 2.34. The van der Waals surface area contributed by atoms with Gasteiger partial charge in [-0.1, -0.05) is 17.3 Å². The van der Waals surface area contributed by atoms with Gasteiger partial charge < -0.3 is 19.5 Å². The second-order valence-electron chi connectivity index (χ2n) is 6.54. The molecule has 1 atom stereocenters. The summed E-state index contributed by atoms with van der Waals surface area (Å²) in [6.45, 7) is 2.12. The van der Waals surface area contributed by atoms with Crippen LogP contribution in [0.4, 0.5) is 4.79 Å². The molecular weight excluding hydrogens is 366 g/mol. The van der Waals surface area contributed by atoms with Crippen LogP contribution < -0.4 is 14.8 Å². The smallest absolute Gasteiger partial charge is 0.325 e. The zero-order valence-corrected chi connectivity index (χ0v) is 15.5. The monoisotopic (exact) mass is 387 g/mol. The zero-order valence-electron chi connectivity index (χ0n) is 15.5. The molecule has 10 heteroatoms. The van der Waals surface area contributed by atoms with Crippen molar-refractivity contribution in [3.8, 4) is 11.5 Å². The standard InChI is InChI=1S/C18H21N5O5/c1-26-6-5-22-11-13(20-21-22)9-14-17(24)23(18(25)19-14)10-12-3-2-4-15-16(12)28-8-7-27-15/h2-4,11,14H,5-10H2,1H3,(H,19,25)/t14-/m1/s1. The zero-order chi connectivity index (χ0) is 19.5. The molecule has 4 rings (SSSR count). The summed E-state index contributed by atoms with van der Waals surface area (Å²) in [5.41, 5.74) is 1.36. The van der Waals surface area contributed by atoms with E-state index in [1.807, 2.05) is 12.1 Å². The molecule has 1 aromatic heterocycles. The summed E-state index contributed by atoms with van der Waals surface area (Å²) in [6, 6.07) is 4.34. The quantitative estimate of drug-likeness (QED) is 0.684. The number of nitrogens with zero attached hydrogens (tertiary/aromatic N) is 4. The Morgan fingerprint density at radius 2 is 2.14 bits per heavy atom. The highest BCUT2D eigenvalue weighted by molar-refractivity contribution is 6.04. The fourth-order valence-electron chi connectivity index (χ4n) is 3.23. The SMILES string of the molecule is COCCn1cc(C[C@H]2NC(=O)N(Cc3cccc4c3OCCO4)C2=O)nn1. The maximum absolute atomic E-state index is 12.8. The van der Waals surface area contributed by atoms with Gasteiger partial charge in [-0.25, -0.2) is 9.48 Å². The van der Waals surface area contributed by atoms with Crippen LogP contribution in [0.3, 0.4) is 0 Å². The van der Waals surface area contributed by atoms with Crippen molar-refractivity contribution in [1.29, 1.82) is 0 Å². The molecule has 2 aliphatic heterocycles. The minimum atomic E-state index is -0.670. The van der Waals surface area contributed by atoms with E-state index >= 15 is 0 Å². The van der Waals surface area contributed by atoms with Gasteiger partial charge in [0.15, 0.2) is 11.5 Å². The molecule has 0 bridgehead atoms. The summed E-state index contributed by atoms with van der Waals surface area (Å²) < 4.78 is 17.9. The second-order valence-corrected chi connectivity index (χ2v) is 6.54. The van der Waals surface area contributed by atoms with Crippen LogP contribution in [0.2, 0.25) is 0 Å². The number of para-hydroxylation sites is 1. The number of methoxy groups -OCH3 is 1. The molecule has 0 aliphatic carbocycles. The number of benzene rings is 1. The van der Waals surface area contributed by atoms with E-state index in [9.17, 15) is 9.59 Å². The molecule has 0 spiro atoms. The first kappa shape index (κ1) is 18.2. The molecule has 1 saturated heterocycles. The van der Waals surface area contributed by atoms with E-state index in [-0.39, 0.29) is 18.9 Å². The Morgan fingerprint density at radius 1 is 1.29 bits per heavy atom. The lowest BCUT2D eigenvalue weighted by molar-refractivity contribution is -0.127. The van der Waals surface area contributed by atoms with Crippen molar-refractivity contribution < 1.29 is 23.8 Å². The number of ether oxygens (including phenoxy) is 3. The minimum absolute atomic E-state index is 0.119. The van der Waals surface area contributed by atoms with E-state index in [2.05, 4.69) is 15.6 Å². The Balaban J connectivity index is 1.44. The van der Waals surface area contributed by atoms with Crippen molar-refractivity contribution in [3.05, 3.63) is 35.7 Å². The number of carbonyl (C=O) groups is 2. The van der Waals surface area contributed by atoms with Crippen molar-refractivity contribution in [2.75, 3.05) is 26.9 Å². The number of hydrogen-bond donors (Lipinski definition) is 1. The maximum atomic E-state index is 12.8. The number of amides is 3. The number of rotatable bonds is 7. The normalized spacial score (nSPS) is 18.5. The summed E-state index contributed by atoms with van der Waals surface area (Å²) in [6.07, 6.45) is 2.03. The van der Waals surface area contributed by atoms with Gasteiger partial charge in [0.05, 0.1) is 25.4 Å². The summed E-state index contributed by atoms with van der Waals surface area (Å²) in [5, 5.41) is 10.8. The van der Waals surface area contributed by atoms with Crippen molar-refractivity contribution in [3.63, 3.8) is 0 Å². The lowest BCUT2D eigenvalue weighted by atomic mass is 10.1. The van der Waals surface area contributed by atoms with Gasteiger partial charge in [0.2, 0.25) is 0 Å². The highest BCUT2D eigenvalue weighted by Gasteiger charge is 2.39. The number of aromatic nitrogens is 3. The van der Waals surface area contributed by atoms with Crippen LogP contribution in [0.1, 0.15) is 11.3 Å². The maximum Gasteiger partial charge on any atom is 0.325 e. The molecular formula is C18H21N5O5. The van der Waals surface area contributed by atoms with Gasteiger partial charge in [-0.3, -0.25) is 9.69 Å². The van der Waals surface area contributed by atoms with Gasteiger partial charge in [-0.15, -0.1) is 5.10 Å². The highest BCUT2D eigenvalue weighted by atomic mass is 16.6. The van der Waals surface area contributed by atoms with Crippen LogP contribution in [-0.2, 0) is 29.0 Å². The summed E-state index contributed by atoms with van der Waals surface area (Å²) in [7, 11) is 1.61. The molecule has 2 aliphatic rings. The lowest BCUT2D eigenvalue weighted by Gasteiger charge is -2.22. The number of carbonyl (C=O) groups excluding carboxylic acids is 2. The van der Waals surface area contributed by atoms with Crippen molar-refractivity contribution >= 4 is 11.9 Å². The van der Waals surface area contributed by atoms with Gasteiger partial charge >= 0.3 is 6.03 Å². The topological polar surface area (TPSA) is 108 Å². The van der Waals surface area contributed by atoms with E-state index < -0.39 is 12.1 Å². The van der Waals surface area contributed by atoms with E-state index in [1.54, 1.807) is 24.1 Å². The molecule has 10 nitrogen and oxygen atoms in total. The Labute approximate surface area is 161 Å². The van der Waals surface area contributed by atoms with Gasteiger partial charge in [-0.2, -0.15) is 0 Å². The first-order valence-electron chi connectivity index (χ1n) is 9.03. The molecule has 1 aromatic carbocycles. The van der Waals surface area contributed by atoms with Crippen LogP contribution >= 0.6 is 0 Å². The molecule has 148 valence electrons. The summed E-state index contributed by atoms with van der Waals surface area (Å²) in [4.78, 5) is 26.3. The molecule has 0 radical (unpaired) electrons. The number of nitrogens with one attached hydrogen (secondary N) is 1. The van der Waals surface area contributed by atoms with Gasteiger partial charge in [0, 0.05) is 25.3 Å². The molecule has 0 saturated carbocycles. The average Bonchev–Trinajstić information content (AvgIpc) is 3.26. The predicted octanol–water partition coefficient (Wildman–Crippen LogP) is 0.359. The molecule has 3 heterocycles. The van der Waals surface area contributed by atoms with E-state index in [1.165, 1.54) is 4.90 Å². The lowest BCUT2D eigenvalue weighted by Crippen LogP contribution is -2.32. The third kappa shape index (κ3) is 3.63. The van der Waals surface area contributed by atoms with Gasteiger partial charge in [0.1, 0.15) is 19.3 Å². The third-order valence-corrected chi connectivity index (χ3v) is 4.61. The summed E-state index contributed by atoms with van der Waals surface area (Å²) >= 11 is 0. The Morgan fingerprint density at radius 3 is 3.00 bits per heavy atom. The Kier molecular flexibility index (Phi) is 5.11. The fraction of sp³-hybridized carbons (Fsp3) is 0.444. The van der Waals surface area contributed by atoms with Crippen molar-refractivity contribution in [1.82, 2.24) is 25.2 Å². The van der Waals surface area contributed by atoms with Crippen molar-refractivity contribution in [2.45, 2.75) is 25.6 Å². The molecule has 1 N–H and O–H groups in total. The molecule has 1 fully saturated rings. The van der Waals surface area contributed by atoms with Crippen LogP contribution in [0.25, 0.3) is 0 Å². The first-order chi connectivity index (χ1) is 13.7. The van der Waals surface area contributed by atoms with Crippen LogP contribution in [0, 0.1) is 0 Å². The second kappa shape index (κ2) is 7.85. The average molecular weight is 387 g/mol. The van der Waals surface area contributed by atoms with Crippen LogP contribution in [0.15, 0.2) is 24.4 Å². The molecule has 3 amide bonds. The largest absolute Gasteiger partial charge is 0.486 e. The fourth-order valence-corrected chi connectivity index (χ4v) is 3.23. The minimum Gasteiger partial charge on any atom is -0.486 e. The third-order valence-electron chi connectivity index (χ3n) is 4.61. The molecule has 0 unspecified atom stereocenters. The number of hydrogen-bond acceptors (Lipinski definition) is 7. The summed E-state index contributed by atoms with van der Waals surface area (Å²) in [5.74, 6) is 0.907. The van der Waals surface area contributed by atoms with Gasteiger partial charge in [-0.05, 0) is 6.07 Å². The van der Waals surface area contributed by atoms with Crippen molar-refractivity contribution in [2.24, 2.45) is 0 Å². The number of fused-ring (bicyclic) bond motifs is 1. The first-order valence-corrected chi connectivity index (χ1v) is 9.03. The van der Waals surface area contributed by atoms with Gasteiger partial charge in [0.25, 0.3) is 5.91 Å². The molecule has 2 aromatic rings. The number of urea groups is 1. The predicted molar refractivity (Wildman–Crippen MR) is 95.9 cm³/mol.